The van der Waals surface area contributed by atoms with Gasteiger partial charge < -0.3 is 0 Å². The summed E-state index contributed by atoms with van der Waals surface area (Å²) in [5, 5.41) is 1.07. The van der Waals surface area contributed by atoms with E-state index in [0.717, 1.165) is 22.4 Å². The zero-order valence-electron chi connectivity index (χ0n) is 18.7. The van der Waals surface area contributed by atoms with Gasteiger partial charge in [-0.1, -0.05) is 72.8 Å². The molecular formula is C27H23N3O3S. The molecule has 0 aliphatic heterocycles. The fraction of sp³-hybridized carbons (Fsp3) is 0.0741. The largest absolute Gasteiger partial charge is 0.295 e. The van der Waals surface area contributed by atoms with Gasteiger partial charge >= 0.3 is 0 Å². The van der Waals surface area contributed by atoms with Crippen molar-refractivity contribution >= 4 is 48.8 Å². The summed E-state index contributed by atoms with van der Waals surface area (Å²) in [5.74, 6) is 0.651. The Balaban J connectivity index is 1.87. The second kappa shape index (κ2) is 8.44. The lowest BCUT2D eigenvalue weighted by molar-refractivity contribution is 0.484. The van der Waals surface area contributed by atoms with Gasteiger partial charge in [0.05, 0.1) is 16.7 Å². The van der Waals surface area contributed by atoms with Crippen molar-refractivity contribution in [2.75, 3.05) is 5.43 Å². The van der Waals surface area contributed by atoms with Crippen molar-refractivity contribution in [1.82, 2.24) is 9.66 Å². The number of imidazole rings is 1. The molecule has 0 aliphatic carbocycles. The summed E-state index contributed by atoms with van der Waals surface area (Å²) in [5.41, 5.74) is 8.42. The quantitative estimate of drug-likeness (QED) is 0.297. The summed E-state index contributed by atoms with van der Waals surface area (Å²) in [6.45, 7) is 4.04. The number of benzene rings is 4. The molecule has 0 atom stereocenters. The smallest absolute Gasteiger partial charge is 0.292 e. The number of allylic oxidation sites excluding steroid dienone is 2. The van der Waals surface area contributed by atoms with Gasteiger partial charge in [-0.3, -0.25) is 9.98 Å². The maximum Gasteiger partial charge on any atom is 0.295 e. The number of fused-ring (bicyclic) bond motifs is 3. The molecular weight excluding hydrogens is 446 g/mol. The van der Waals surface area contributed by atoms with Crippen LogP contribution >= 0.6 is 0 Å². The average molecular weight is 470 g/mol. The first-order chi connectivity index (χ1) is 16.3. The Hall–Kier alpha value is -3.94. The van der Waals surface area contributed by atoms with Crippen molar-refractivity contribution < 1.29 is 13.0 Å². The summed E-state index contributed by atoms with van der Waals surface area (Å²) in [7, 11) is -4.46. The van der Waals surface area contributed by atoms with E-state index >= 15 is 0 Å². The molecule has 170 valence electrons. The number of para-hydroxylation sites is 1. The second-order valence-corrected chi connectivity index (χ2v) is 9.52. The lowest BCUT2D eigenvalue weighted by Gasteiger charge is -2.15. The van der Waals surface area contributed by atoms with E-state index in [0.29, 0.717) is 27.6 Å². The number of hydrogen-bond acceptors (Lipinski definition) is 4. The summed E-state index contributed by atoms with van der Waals surface area (Å²) >= 11 is 0. The highest BCUT2D eigenvalue weighted by atomic mass is 32.2. The molecule has 0 saturated carbocycles. The molecule has 5 rings (SSSR count). The minimum Gasteiger partial charge on any atom is -0.292 e. The molecule has 0 saturated heterocycles. The van der Waals surface area contributed by atoms with E-state index in [-0.39, 0.29) is 4.90 Å². The highest BCUT2D eigenvalue weighted by molar-refractivity contribution is 7.86. The molecule has 6 nitrogen and oxygen atoms in total. The van der Waals surface area contributed by atoms with Crippen LogP contribution in [0.15, 0.2) is 95.9 Å². The first-order valence-electron chi connectivity index (χ1n) is 10.8. The van der Waals surface area contributed by atoms with E-state index in [1.807, 2.05) is 86.6 Å². The van der Waals surface area contributed by atoms with E-state index in [1.54, 1.807) is 16.8 Å². The third-order valence-electron chi connectivity index (χ3n) is 6.03. The van der Waals surface area contributed by atoms with Gasteiger partial charge in [-0.2, -0.15) is 8.42 Å². The van der Waals surface area contributed by atoms with Crippen LogP contribution in [0, 0.1) is 0 Å². The number of nitrogens with one attached hydrogen (secondary N) is 1. The summed E-state index contributed by atoms with van der Waals surface area (Å²) < 4.78 is 36.4. The molecule has 0 aliphatic rings. The number of nitrogens with zero attached hydrogens (tertiary/aromatic N) is 2. The van der Waals surface area contributed by atoms with Gasteiger partial charge in [0.15, 0.2) is 5.82 Å². The maximum absolute atomic E-state index is 12.3. The standard InChI is InChI=1S/C27H23N3O3S/c1-18(20-11-5-3-6-12-20)19(2)27-28-26-23-16-10-9-15-22(23)25(34(31,32)33)17-24(26)30(27)29-21-13-7-4-8-14-21/h3-17,29H,1-2H3,(H,31,32,33)/b19-18+. The molecule has 0 bridgehead atoms. The molecule has 1 heterocycles. The molecule has 5 aromatic rings. The molecule has 0 amide bonds. The van der Waals surface area contributed by atoms with E-state index in [1.165, 1.54) is 6.07 Å². The SMILES string of the molecule is C/C(=C(/C)c1nc2c3ccccc3c(S(=O)(=O)O)cc2n1Nc1ccccc1)c1ccccc1. The van der Waals surface area contributed by atoms with E-state index in [4.69, 9.17) is 4.98 Å². The van der Waals surface area contributed by atoms with Crippen molar-refractivity contribution in [3.8, 4) is 0 Å². The lowest BCUT2D eigenvalue weighted by Crippen LogP contribution is -2.13. The van der Waals surface area contributed by atoms with Crippen LogP contribution in [0.2, 0.25) is 0 Å². The molecule has 0 radical (unpaired) electrons. The van der Waals surface area contributed by atoms with Crippen LogP contribution in [0.4, 0.5) is 5.69 Å². The number of anilines is 1. The molecule has 0 spiro atoms. The molecule has 1 aromatic heterocycles. The van der Waals surface area contributed by atoms with E-state index in [9.17, 15) is 13.0 Å². The minimum absolute atomic E-state index is 0.153. The molecule has 0 unspecified atom stereocenters. The minimum atomic E-state index is -4.46. The fourth-order valence-corrected chi connectivity index (χ4v) is 4.88. The summed E-state index contributed by atoms with van der Waals surface area (Å²) in [6.07, 6.45) is 0. The average Bonchev–Trinajstić information content (AvgIpc) is 3.21. The number of rotatable bonds is 5. The van der Waals surface area contributed by atoms with Gasteiger partial charge in [0.1, 0.15) is 4.90 Å². The topological polar surface area (TPSA) is 84.2 Å². The van der Waals surface area contributed by atoms with Gasteiger partial charge in [-0.25, -0.2) is 9.66 Å². The van der Waals surface area contributed by atoms with Crippen LogP contribution in [0.1, 0.15) is 25.2 Å². The van der Waals surface area contributed by atoms with Gasteiger partial charge in [0.25, 0.3) is 10.1 Å². The van der Waals surface area contributed by atoms with Crippen molar-refractivity contribution in [1.29, 1.82) is 0 Å². The Bertz CT molecular complexity index is 1660. The molecule has 4 aromatic carbocycles. The van der Waals surface area contributed by atoms with Crippen LogP contribution < -0.4 is 5.43 Å². The Morgan fingerprint density at radius 1 is 0.824 bits per heavy atom. The molecule has 34 heavy (non-hydrogen) atoms. The Morgan fingerprint density at radius 3 is 2.06 bits per heavy atom. The molecule has 0 fully saturated rings. The predicted molar refractivity (Wildman–Crippen MR) is 137 cm³/mol. The molecule has 2 N–H and O–H groups in total. The maximum atomic E-state index is 12.3. The predicted octanol–water partition coefficient (Wildman–Crippen LogP) is 6.26. The van der Waals surface area contributed by atoms with Crippen LogP contribution in [0.25, 0.3) is 33.0 Å². The zero-order valence-corrected chi connectivity index (χ0v) is 19.5. The van der Waals surface area contributed by atoms with E-state index < -0.39 is 10.1 Å². The lowest BCUT2D eigenvalue weighted by atomic mass is 10.0. The first-order valence-corrected chi connectivity index (χ1v) is 12.3. The Labute approximate surface area is 197 Å². The number of aromatic nitrogens is 2. The fourth-order valence-electron chi connectivity index (χ4n) is 4.16. The van der Waals surface area contributed by atoms with Crippen LogP contribution in [0.3, 0.4) is 0 Å². The van der Waals surface area contributed by atoms with Gasteiger partial charge in [0.2, 0.25) is 0 Å². The normalized spacial score (nSPS) is 12.7. The van der Waals surface area contributed by atoms with Crippen LogP contribution in [-0.4, -0.2) is 22.6 Å². The van der Waals surface area contributed by atoms with Crippen LogP contribution in [0.5, 0.6) is 0 Å². The monoisotopic (exact) mass is 469 g/mol. The number of hydrogen-bond donors (Lipinski definition) is 2. The molecule has 7 heteroatoms. The summed E-state index contributed by atoms with van der Waals surface area (Å²) in [4.78, 5) is 4.82. The van der Waals surface area contributed by atoms with Crippen molar-refractivity contribution in [3.63, 3.8) is 0 Å². The van der Waals surface area contributed by atoms with Gasteiger partial charge in [-0.15, -0.1) is 0 Å². The van der Waals surface area contributed by atoms with Gasteiger partial charge in [0, 0.05) is 10.8 Å². The first kappa shape index (κ1) is 21.9. The van der Waals surface area contributed by atoms with Crippen LogP contribution in [-0.2, 0) is 10.1 Å². The Morgan fingerprint density at radius 2 is 1.41 bits per heavy atom. The zero-order chi connectivity index (χ0) is 23.9. The van der Waals surface area contributed by atoms with Crippen molar-refractivity contribution in [2.45, 2.75) is 18.7 Å². The Kier molecular flexibility index (Phi) is 5.43. The highest BCUT2D eigenvalue weighted by Gasteiger charge is 2.22. The van der Waals surface area contributed by atoms with E-state index in [2.05, 4.69) is 5.43 Å². The second-order valence-electron chi connectivity index (χ2n) is 8.13. The van der Waals surface area contributed by atoms with Gasteiger partial charge in [-0.05, 0) is 48.8 Å². The van der Waals surface area contributed by atoms with Crippen molar-refractivity contribution in [2.24, 2.45) is 0 Å². The summed E-state index contributed by atoms with van der Waals surface area (Å²) in [6, 6.07) is 28.2. The third-order valence-corrected chi connectivity index (χ3v) is 6.92. The highest BCUT2D eigenvalue weighted by Crippen LogP contribution is 2.34. The van der Waals surface area contributed by atoms with Crippen molar-refractivity contribution in [3.05, 3.63) is 102 Å². The third kappa shape index (κ3) is 3.85.